The number of benzene rings is 1. The average Bonchev–Trinajstić information content (AvgIpc) is 2.41. The van der Waals surface area contributed by atoms with E-state index in [-0.39, 0.29) is 17.1 Å². The van der Waals surface area contributed by atoms with E-state index in [0.29, 0.717) is 0 Å². The third-order valence-corrected chi connectivity index (χ3v) is 3.19. The van der Waals surface area contributed by atoms with Crippen LogP contribution in [0.3, 0.4) is 0 Å². The first-order valence-corrected chi connectivity index (χ1v) is 4.96. The van der Waals surface area contributed by atoms with Gasteiger partial charge < -0.3 is 0 Å². The first-order valence-electron chi connectivity index (χ1n) is 4.53. The van der Waals surface area contributed by atoms with Crippen LogP contribution in [0.1, 0.15) is 34.6 Å². The largest absolute Gasteiger partial charge is 0.294 e. The number of halogens is 1. The van der Waals surface area contributed by atoms with Crippen LogP contribution in [0.15, 0.2) is 24.3 Å². The lowest BCUT2D eigenvalue weighted by atomic mass is 10.0. The molecule has 0 aliphatic heterocycles. The van der Waals surface area contributed by atoms with Crippen molar-refractivity contribution in [2.24, 2.45) is 5.92 Å². The van der Waals surface area contributed by atoms with Crippen LogP contribution in [-0.2, 0) is 0 Å². The fourth-order valence-electron chi connectivity index (χ4n) is 1.90. The second-order valence-corrected chi connectivity index (χ2v) is 3.84. The van der Waals surface area contributed by atoms with Crippen LogP contribution in [0.4, 0.5) is 0 Å². The number of hydrogen-bond donors (Lipinski definition) is 0. The van der Waals surface area contributed by atoms with Gasteiger partial charge in [-0.25, -0.2) is 0 Å². The summed E-state index contributed by atoms with van der Waals surface area (Å²) in [6.07, 6.45) is 0.821. The van der Waals surface area contributed by atoms with Crippen LogP contribution in [0.25, 0.3) is 0 Å². The summed E-state index contributed by atoms with van der Waals surface area (Å²) in [6.45, 7) is 2.00. The van der Waals surface area contributed by atoms with Crippen LogP contribution < -0.4 is 0 Å². The standard InChI is InChI=1S/C11H11ClO/c1-2-7-10(12)8-5-3-4-6-9(8)11(7)13/h3-7,10H,2H2,1H3. The van der Waals surface area contributed by atoms with Gasteiger partial charge in [-0.15, -0.1) is 11.6 Å². The molecule has 0 heterocycles. The number of Topliss-reactive ketones (excluding diaryl/α,β-unsaturated/α-hetero) is 1. The summed E-state index contributed by atoms with van der Waals surface area (Å²) in [6, 6.07) is 7.63. The minimum absolute atomic E-state index is 0.0148. The highest BCUT2D eigenvalue weighted by Gasteiger charge is 2.36. The summed E-state index contributed by atoms with van der Waals surface area (Å²) in [4.78, 5) is 11.8. The molecule has 2 unspecified atom stereocenters. The minimum Gasteiger partial charge on any atom is -0.294 e. The van der Waals surface area contributed by atoms with E-state index in [0.717, 1.165) is 17.5 Å². The Morgan fingerprint density at radius 2 is 2.08 bits per heavy atom. The lowest BCUT2D eigenvalue weighted by molar-refractivity contribution is 0.0932. The molecule has 1 aliphatic rings. The molecule has 1 aromatic carbocycles. The Labute approximate surface area is 82.7 Å². The van der Waals surface area contributed by atoms with Gasteiger partial charge in [0.1, 0.15) is 0 Å². The zero-order valence-corrected chi connectivity index (χ0v) is 8.21. The van der Waals surface area contributed by atoms with E-state index in [1.54, 1.807) is 0 Å². The molecule has 0 amide bonds. The van der Waals surface area contributed by atoms with Crippen LogP contribution >= 0.6 is 11.6 Å². The highest BCUT2D eigenvalue weighted by Crippen LogP contribution is 2.41. The number of fused-ring (bicyclic) bond motifs is 1. The molecule has 1 aliphatic carbocycles. The Hall–Kier alpha value is -0.820. The second-order valence-electron chi connectivity index (χ2n) is 3.37. The van der Waals surface area contributed by atoms with Gasteiger partial charge in [0.05, 0.1) is 5.38 Å². The van der Waals surface area contributed by atoms with Crippen molar-refractivity contribution in [3.8, 4) is 0 Å². The summed E-state index contributed by atoms with van der Waals surface area (Å²) in [7, 11) is 0. The van der Waals surface area contributed by atoms with E-state index in [1.807, 2.05) is 31.2 Å². The number of alkyl halides is 1. The van der Waals surface area contributed by atoms with E-state index < -0.39 is 0 Å². The average molecular weight is 195 g/mol. The molecule has 2 heteroatoms. The van der Waals surface area contributed by atoms with Crippen molar-refractivity contribution in [3.05, 3.63) is 35.4 Å². The Kier molecular flexibility index (Phi) is 2.12. The Morgan fingerprint density at radius 3 is 2.69 bits per heavy atom. The van der Waals surface area contributed by atoms with E-state index >= 15 is 0 Å². The van der Waals surface area contributed by atoms with Gasteiger partial charge in [0, 0.05) is 11.5 Å². The molecular weight excluding hydrogens is 184 g/mol. The van der Waals surface area contributed by atoms with Crippen molar-refractivity contribution in [1.29, 1.82) is 0 Å². The monoisotopic (exact) mass is 194 g/mol. The van der Waals surface area contributed by atoms with Crippen LogP contribution in [0.2, 0.25) is 0 Å². The lowest BCUT2D eigenvalue weighted by Crippen LogP contribution is -2.08. The van der Waals surface area contributed by atoms with Crippen molar-refractivity contribution in [2.75, 3.05) is 0 Å². The number of hydrogen-bond acceptors (Lipinski definition) is 1. The third-order valence-electron chi connectivity index (χ3n) is 2.65. The highest BCUT2D eigenvalue weighted by atomic mass is 35.5. The zero-order valence-electron chi connectivity index (χ0n) is 7.46. The maximum Gasteiger partial charge on any atom is 0.168 e. The molecule has 0 bridgehead atoms. The van der Waals surface area contributed by atoms with Gasteiger partial charge in [-0.3, -0.25) is 4.79 Å². The normalized spacial score (nSPS) is 26.2. The molecule has 0 spiro atoms. The molecule has 0 fully saturated rings. The van der Waals surface area contributed by atoms with Gasteiger partial charge in [0.2, 0.25) is 0 Å². The maximum atomic E-state index is 11.8. The third kappa shape index (κ3) is 1.19. The molecular formula is C11H11ClO. The van der Waals surface area contributed by atoms with Gasteiger partial charge in [-0.1, -0.05) is 31.2 Å². The fraction of sp³-hybridized carbons (Fsp3) is 0.364. The Bertz CT molecular complexity index is 346. The molecule has 0 aromatic heterocycles. The van der Waals surface area contributed by atoms with Crippen molar-refractivity contribution < 1.29 is 4.79 Å². The van der Waals surface area contributed by atoms with Crippen molar-refractivity contribution in [1.82, 2.24) is 0 Å². The smallest absolute Gasteiger partial charge is 0.168 e. The first kappa shape index (κ1) is 8.76. The van der Waals surface area contributed by atoms with Gasteiger partial charge in [-0.2, -0.15) is 0 Å². The molecule has 1 nitrogen and oxygen atoms in total. The van der Waals surface area contributed by atoms with Crippen molar-refractivity contribution >= 4 is 17.4 Å². The minimum atomic E-state index is -0.117. The van der Waals surface area contributed by atoms with E-state index in [9.17, 15) is 4.79 Å². The number of carbonyl (C=O) groups is 1. The summed E-state index contributed by atoms with van der Waals surface area (Å²) in [5, 5.41) is -0.117. The SMILES string of the molecule is CCC1C(=O)c2ccccc2C1Cl. The lowest BCUT2D eigenvalue weighted by Gasteiger charge is -2.08. The molecule has 13 heavy (non-hydrogen) atoms. The second kappa shape index (κ2) is 3.15. The first-order chi connectivity index (χ1) is 6.25. The molecule has 2 atom stereocenters. The van der Waals surface area contributed by atoms with Crippen molar-refractivity contribution in [3.63, 3.8) is 0 Å². The molecule has 0 saturated heterocycles. The highest BCUT2D eigenvalue weighted by molar-refractivity contribution is 6.26. The molecule has 2 rings (SSSR count). The quantitative estimate of drug-likeness (QED) is 0.628. The Morgan fingerprint density at radius 1 is 1.38 bits per heavy atom. The van der Waals surface area contributed by atoms with Gasteiger partial charge >= 0.3 is 0 Å². The zero-order chi connectivity index (χ0) is 9.42. The van der Waals surface area contributed by atoms with Gasteiger partial charge in [0.15, 0.2) is 5.78 Å². The summed E-state index contributed by atoms with van der Waals surface area (Å²) < 4.78 is 0. The summed E-state index contributed by atoms with van der Waals surface area (Å²) in [5.74, 6) is 0.192. The fourth-order valence-corrected chi connectivity index (χ4v) is 2.39. The molecule has 0 N–H and O–H groups in total. The van der Waals surface area contributed by atoms with E-state index in [1.165, 1.54) is 0 Å². The summed E-state index contributed by atoms with van der Waals surface area (Å²) in [5.41, 5.74) is 1.82. The number of carbonyl (C=O) groups excluding carboxylic acids is 1. The number of ketones is 1. The van der Waals surface area contributed by atoms with E-state index in [2.05, 4.69) is 0 Å². The predicted molar refractivity (Wildman–Crippen MR) is 53.1 cm³/mol. The maximum absolute atomic E-state index is 11.8. The predicted octanol–water partition coefficient (Wildman–Crippen LogP) is 3.19. The molecule has 1 aromatic rings. The Balaban J connectivity index is 2.50. The van der Waals surface area contributed by atoms with Crippen LogP contribution in [0, 0.1) is 5.92 Å². The van der Waals surface area contributed by atoms with Gasteiger partial charge in [-0.05, 0) is 12.0 Å². The van der Waals surface area contributed by atoms with Crippen LogP contribution in [0.5, 0.6) is 0 Å². The topological polar surface area (TPSA) is 17.1 Å². The number of rotatable bonds is 1. The van der Waals surface area contributed by atoms with Crippen LogP contribution in [-0.4, -0.2) is 5.78 Å². The summed E-state index contributed by atoms with van der Waals surface area (Å²) >= 11 is 6.18. The molecule has 0 saturated carbocycles. The van der Waals surface area contributed by atoms with Crippen molar-refractivity contribution in [2.45, 2.75) is 18.7 Å². The molecule has 68 valence electrons. The van der Waals surface area contributed by atoms with E-state index in [4.69, 9.17) is 11.6 Å². The van der Waals surface area contributed by atoms with Gasteiger partial charge in [0.25, 0.3) is 0 Å². The molecule has 0 radical (unpaired) electrons.